The Morgan fingerprint density at radius 1 is 1.24 bits per heavy atom. The Morgan fingerprint density at radius 2 is 2.00 bits per heavy atom. The second kappa shape index (κ2) is 8.64. The molecular weight excluding hydrogens is 416 g/mol. The maximum Gasteiger partial charge on any atom is 0.238 e. The molecule has 0 aliphatic carbocycles. The molecule has 0 saturated carbocycles. The monoisotopic (exact) mass is 434 g/mol. The first kappa shape index (κ1) is 20.8. The fraction of sp³-hybridized carbons (Fsp3) is 0.158. The van der Waals surface area contributed by atoms with Crippen LogP contribution < -0.4 is 15.2 Å². The predicted molar refractivity (Wildman–Crippen MR) is 109 cm³/mol. The van der Waals surface area contributed by atoms with Crippen molar-refractivity contribution in [1.82, 2.24) is 9.78 Å². The lowest BCUT2D eigenvalue weighted by Crippen LogP contribution is -2.18. The van der Waals surface area contributed by atoms with E-state index in [4.69, 9.17) is 21.5 Å². The highest BCUT2D eigenvalue weighted by Crippen LogP contribution is 2.22. The lowest BCUT2D eigenvalue weighted by atomic mass is 10.1. The normalized spacial score (nSPS) is 11.3. The summed E-state index contributed by atoms with van der Waals surface area (Å²) in [5, 5.41) is 12.5. The van der Waals surface area contributed by atoms with E-state index < -0.39 is 10.0 Å². The minimum Gasteiger partial charge on any atom is -0.486 e. The van der Waals surface area contributed by atoms with Crippen molar-refractivity contribution in [1.29, 1.82) is 0 Å². The second-order valence-corrected chi connectivity index (χ2v) is 8.26. The molecule has 8 nitrogen and oxygen atoms in total. The highest BCUT2D eigenvalue weighted by atomic mass is 35.5. The van der Waals surface area contributed by atoms with Gasteiger partial charge in [0, 0.05) is 23.3 Å². The molecule has 1 aromatic heterocycles. The van der Waals surface area contributed by atoms with Crippen molar-refractivity contribution in [3.05, 3.63) is 71.0 Å². The SMILES string of the molecule is Cn1cc(OCc2ccc(NC(=O)Cc3ccccc3Cl)cc2S(N)(=O)=O)cn1. The van der Waals surface area contributed by atoms with Crippen molar-refractivity contribution in [2.24, 2.45) is 12.2 Å². The van der Waals surface area contributed by atoms with Crippen LogP contribution in [-0.4, -0.2) is 24.1 Å². The summed E-state index contributed by atoms with van der Waals surface area (Å²) >= 11 is 6.07. The van der Waals surface area contributed by atoms with Gasteiger partial charge in [-0.2, -0.15) is 5.10 Å². The topological polar surface area (TPSA) is 116 Å². The molecule has 1 heterocycles. The number of hydrogen-bond acceptors (Lipinski definition) is 5. The van der Waals surface area contributed by atoms with Crippen LogP contribution in [0.1, 0.15) is 11.1 Å². The zero-order valence-corrected chi connectivity index (χ0v) is 17.1. The number of amides is 1. The molecule has 0 unspecified atom stereocenters. The molecule has 3 N–H and O–H groups in total. The number of carbonyl (C=O) groups excluding carboxylic acids is 1. The number of aromatic nitrogens is 2. The van der Waals surface area contributed by atoms with Gasteiger partial charge in [-0.05, 0) is 23.8 Å². The quantitative estimate of drug-likeness (QED) is 0.592. The summed E-state index contributed by atoms with van der Waals surface area (Å²) in [4.78, 5) is 12.2. The maximum absolute atomic E-state index is 12.3. The number of benzene rings is 2. The van der Waals surface area contributed by atoms with Gasteiger partial charge in [0.25, 0.3) is 0 Å². The van der Waals surface area contributed by atoms with Crippen LogP contribution in [0.25, 0.3) is 0 Å². The van der Waals surface area contributed by atoms with Gasteiger partial charge in [0.15, 0.2) is 5.75 Å². The van der Waals surface area contributed by atoms with Gasteiger partial charge in [0.05, 0.1) is 23.7 Å². The summed E-state index contributed by atoms with van der Waals surface area (Å²) in [6, 6.07) is 11.4. The van der Waals surface area contributed by atoms with E-state index in [-0.39, 0.29) is 23.8 Å². The van der Waals surface area contributed by atoms with Gasteiger partial charge < -0.3 is 10.1 Å². The first-order valence-electron chi connectivity index (χ1n) is 8.53. The molecule has 1 amide bonds. The standard InChI is InChI=1S/C19H19ClN4O4S/c1-24-11-16(10-22-24)28-12-14-6-7-15(9-18(14)29(21,26)27)23-19(25)8-13-4-2-3-5-17(13)20/h2-7,9-11H,8,12H2,1H3,(H,23,25)(H2,21,26,27). The molecule has 3 rings (SSSR count). The Kier molecular flexibility index (Phi) is 6.21. The van der Waals surface area contributed by atoms with Gasteiger partial charge in [-0.25, -0.2) is 13.6 Å². The van der Waals surface area contributed by atoms with Crippen molar-refractivity contribution in [2.75, 3.05) is 5.32 Å². The van der Waals surface area contributed by atoms with E-state index in [1.165, 1.54) is 12.3 Å². The molecule has 0 spiro atoms. The summed E-state index contributed by atoms with van der Waals surface area (Å²) in [6.07, 6.45) is 3.22. The summed E-state index contributed by atoms with van der Waals surface area (Å²) in [5.74, 6) is 0.155. The first-order valence-corrected chi connectivity index (χ1v) is 10.5. The molecule has 3 aromatic rings. The Labute approximate surface area is 173 Å². The first-order chi connectivity index (χ1) is 13.7. The smallest absolute Gasteiger partial charge is 0.238 e. The van der Waals surface area contributed by atoms with E-state index in [0.29, 0.717) is 27.6 Å². The van der Waals surface area contributed by atoms with E-state index in [0.717, 1.165) is 0 Å². The van der Waals surface area contributed by atoms with Gasteiger partial charge in [0.2, 0.25) is 15.9 Å². The third-order valence-electron chi connectivity index (χ3n) is 4.04. The van der Waals surface area contributed by atoms with Gasteiger partial charge in [-0.15, -0.1) is 0 Å². The fourth-order valence-corrected chi connectivity index (χ4v) is 3.66. The Bertz CT molecular complexity index is 1140. The molecule has 0 bridgehead atoms. The number of sulfonamides is 1. The molecule has 2 aromatic carbocycles. The third-order valence-corrected chi connectivity index (χ3v) is 5.40. The van der Waals surface area contributed by atoms with E-state index in [9.17, 15) is 13.2 Å². The van der Waals surface area contributed by atoms with Crippen molar-refractivity contribution < 1.29 is 17.9 Å². The van der Waals surface area contributed by atoms with Gasteiger partial charge in [-0.1, -0.05) is 35.9 Å². The van der Waals surface area contributed by atoms with Crippen LogP contribution in [0.4, 0.5) is 5.69 Å². The summed E-state index contributed by atoms with van der Waals surface area (Å²) in [6.45, 7) is -0.0225. The maximum atomic E-state index is 12.3. The number of hydrogen-bond donors (Lipinski definition) is 2. The Balaban J connectivity index is 1.76. The fourth-order valence-electron chi connectivity index (χ4n) is 2.67. The molecule has 0 fully saturated rings. The van der Waals surface area contributed by atoms with Crippen molar-refractivity contribution in [2.45, 2.75) is 17.9 Å². The Hall–Kier alpha value is -2.88. The number of carbonyl (C=O) groups is 1. The molecule has 152 valence electrons. The summed E-state index contributed by atoms with van der Waals surface area (Å²) in [5.41, 5.74) is 1.33. The van der Waals surface area contributed by atoms with Crippen molar-refractivity contribution in [3.63, 3.8) is 0 Å². The minimum atomic E-state index is -4.03. The van der Waals surface area contributed by atoms with E-state index >= 15 is 0 Å². The second-order valence-electron chi connectivity index (χ2n) is 6.32. The molecule has 29 heavy (non-hydrogen) atoms. The van der Waals surface area contributed by atoms with E-state index in [1.807, 2.05) is 0 Å². The van der Waals surface area contributed by atoms with Crippen LogP contribution in [0.3, 0.4) is 0 Å². The van der Waals surface area contributed by atoms with Crippen LogP contribution >= 0.6 is 11.6 Å². The van der Waals surface area contributed by atoms with Crippen LogP contribution in [0, 0.1) is 0 Å². The average molecular weight is 435 g/mol. The lowest BCUT2D eigenvalue weighted by molar-refractivity contribution is -0.115. The summed E-state index contributed by atoms with van der Waals surface area (Å²) < 4.78 is 31.2. The highest BCUT2D eigenvalue weighted by Gasteiger charge is 2.17. The average Bonchev–Trinajstić information content (AvgIpc) is 3.07. The third kappa shape index (κ3) is 5.57. The highest BCUT2D eigenvalue weighted by molar-refractivity contribution is 7.89. The van der Waals surface area contributed by atoms with Gasteiger partial charge >= 0.3 is 0 Å². The number of primary sulfonamides is 1. The van der Waals surface area contributed by atoms with Crippen LogP contribution in [-0.2, 0) is 34.9 Å². The number of anilines is 1. The molecular formula is C19H19ClN4O4S. The lowest BCUT2D eigenvalue weighted by Gasteiger charge is -2.12. The number of halogens is 1. The zero-order valence-electron chi connectivity index (χ0n) is 15.5. The van der Waals surface area contributed by atoms with Gasteiger partial charge in [0.1, 0.15) is 6.61 Å². The van der Waals surface area contributed by atoms with Crippen LogP contribution in [0.2, 0.25) is 5.02 Å². The number of aryl methyl sites for hydroxylation is 1. The molecule has 0 atom stereocenters. The zero-order chi connectivity index (χ0) is 21.0. The largest absolute Gasteiger partial charge is 0.486 e. The summed E-state index contributed by atoms with van der Waals surface area (Å²) in [7, 11) is -2.29. The van der Waals surface area contributed by atoms with Crippen molar-refractivity contribution in [3.8, 4) is 5.75 Å². The van der Waals surface area contributed by atoms with Crippen LogP contribution in [0.15, 0.2) is 59.8 Å². The van der Waals surface area contributed by atoms with E-state index in [2.05, 4.69) is 10.4 Å². The molecule has 10 heteroatoms. The number of ether oxygens (including phenoxy) is 1. The molecule has 0 aliphatic heterocycles. The van der Waals surface area contributed by atoms with E-state index in [1.54, 1.807) is 54.3 Å². The molecule has 0 saturated heterocycles. The predicted octanol–water partition coefficient (Wildman–Crippen LogP) is 2.48. The van der Waals surface area contributed by atoms with Crippen LogP contribution in [0.5, 0.6) is 5.75 Å². The number of nitrogens with one attached hydrogen (secondary N) is 1. The Morgan fingerprint density at radius 3 is 2.66 bits per heavy atom. The number of rotatable bonds is 7. The number of nitrogens with two attached hydrogens (primary N) is 1. The minimum absolute atomic E-state index is 0.0225. The molecule has 0 radical (unpaired) electrons. The number of nitrogens with zero attached hydrogens (tertiary/aromatic N) is 2. The van der Waals surface area contributed by atoms with Gasteiger partial charge in [-0.3, -0.25) is 9.48 Å². The molecule has 0 aliphatic rings. The van der Waals surface area contributed by atoms with Crippen molar-refractivity contribution >= 4 is 33.2 Å².